The minimum absolute atomic E-state index is 0.0949. The molecular formula is C23H28N2O5S. The number of amides is 1. The van der Waals surface area contributed by atoms with Crippen molar-refractivity contribution in [1.29, 1.82) is 0 Å². The second-order valence-electron chi connectivity index (χ2n) is 8.10. The number of ether oxygens (including phenoxy) is 2. The van der Waals surface area contributed by atoms with Gasteiger partial charge < -0.3 is 14.4 Å². The van der Waals surface area contributed by atoms with Gasteiger partial charge in [0.25, 0.3) is 15.9 Å². The first-order valence-corrected chi connectivity index (χ1v) is 12.0. The largest absolute Gasteiger partial charge is 0.350 e. The Hall–Kier alpha value is -2.42. The number of sulfonamides is 1. The molecule has 1 atom stereocenters. The van der Waals surface area contributed by atoms with Crippen LogP contribution in [0.1, 0.15) is 28.8 Å². The number of aryl methyl sites for hydroxylation is 1. The van der Waals surface area contributed by atoms with Crippen LogP contribution in [-0.4, -0.2) is 58.9 Å². The van der Waals surface area contributed by atoms with Crippen LogP contribution in [0.3, 0.4) is 0 Å². The van der Waals surface area contributed by atoms with Gasteiger partial charge in [0.1, 0.15) is 0 Å². The van der Waals surface area contributed by atoms with Crippen LogP contribution in [0, 0.1) is 12.8 Å². The second kappa shape index (κ2) is 8.98. The monoisotopic (exact) mass is 444 g/mol. The Morgan fingerprint density at radius 3 is 2.52 bits per heavy atom. The third-order valence-corrected chi connectivity index (χ3v) is 7.70. The molecular weight excluding hydrogens is 416 g/mol. The molecule has 2 aromatic rings. The van der Waals surface area contributed by atoms with Crippen molar-refractivity contribution in [3.63, 3.8) is 0 Å². The smallest absolute Gasteiger partial charge is 0.264 e. The zero-order valence-electron chi connectivity index (χ0n) is 17.9. The Morgan fingerprint density at radius 2 is 1.81 bits per heavy atom. The van der Waals surface area contributed by atoms with Gasteiger partial charge in [-0.2, -0.15) is 0 Å². The molecule has 2 saturated heterocycles. The van der Waals surface area contributed by atoms with Gasteiger partial charge in [-0.05, 0) is 50.1 Å². The van der Waals surface area contributed by atoms with E-state index in [0.717, 1.165) is 18.4 Å². The minimum Gasteiger partial charge on any atom is -0.350 e. The standard InChI is InChI=1S/C23H28N2O5S/c1-17-8-10-20(11-9-17)24(2)31(27,28)21-7-3-5-18(15-21)22(26)25-12-4-6-19(16-25)23-29-13-14-30-23/h3,5,7-11,15,19,23H,4,6,12-14,16H2,1-2H3. The first kappa shape index (κ1) is 21.8. The van der Waals surface area contributed by atoms with Crippen LogP contribution < -0.4 is 4.31 Å². The molecule has 0 aromatic heterocycles. The number of carbonyl (C=O) groups excluding carboxylic acids is 1. The topological polar surface area (TPSA) is 76.2 Å². The van der Waals surface area contributed by atoms with Crippen molar-refractivity contribution in [2.45, 2.75) is 31.0 Å². The van der Waals surface area contributed by atoms with Crippen molar-refractivity contribution < 1.29 is 22.7 Å². The lowest BCUT2D eigenvalue weighted by Crippen LogP contribution is -2.43. The van der Waals surface area contributed by atoms with E-state index in [1.165, 1.54) is 23.5 Å². The summed E-state index contributed by atoms with van der Waals surface area (Å²) in [6.45, 7) is 4.31. The average molecular weight is 445 g/mol. The van der Waals surface area contributed by atoms with Gasteiger partial charge in [-0.3, -0.25) is 9.10 Å². The highest BCUT2D eigenvalue weighted by Gasteiger charge is 2.33. The van der Waals surface area contributed by atoms with Gasteiger partial charge in [0.2, 0.25) is 0 Å². The van der Waals surface area contributed by atoms with Gasteiger partial charge in [0, 0.05) is 31.6 Å². The summed E-state index contributed by atoms with van der Waals surface area (Å²) in [6.07, 6.45) is 1.56. The lowest BCUT2D eigenvalue weighted by atomic mass is 9.96. The molecule has 8 heteroatoms. The number of benzene rings is 2. The fourth-order valence-corrected chi connectivity index (χ4v) is 5.33. The Labute approximate surface area is 183 Å². The molecule has 2 fully saturated rings. The molecule has 4 rings (SSSR count). The number of piperidine rings is 1. The SMILES string of the molecule is Cc1ccc(N(C)S(=O)(=O)c2cccc(C(=O)N3CCCC(C4OCCO4)C3)c2)cc1. The highest BCUT2D eigenvalue weighted by atomic mass is 32.2. The summed E-state index contributed by atoms with van der Waals surface area (Å²) in [6, 6.07) is 13.5. The van der Waals surface area contributed by atoms with Crippen LogP contribution in [0.4, 0.5) is 5.69 Å². The van der Waals surface area contributed by atoms with Crippen molar-refractivity contribution in [2.75, 3.05) is 37.7 Å². The van der Waals surface area contributed by atoms with Crippen LogP contribution in [0.15, 0.2) is 53.4 Å². The summed E-state index contributed by atoms with van der Waals surface area (Å²) >= 11 is 0. The van der Waals surface area contributed by atoms with E-state index in [1.54, 1.807) is 29.2 Å². The maximum atomic E-state index is 13.2. The second-order valence-corrected chi connectivity index (χ2v) is 10.1. The van der Waals surface area contributed by atoms with Crippen molar-refractivity contribution >= 4 is 21.6 Å². The molecule has 166 valence electrons. The molecule has 0 bridgehead atoms. The molecule has 0 saturated carbocycles. The van der Waals surface area contributed by atoms with E-state index < -0.39 is 10.0 Å². The van der Waals surface area contributed by atoms with Crippen LogP contribution >= 0.6 is 0 Å². The predicted molar refractivity (Wildman–Crippen MR) is 118 cm³/mol. The van der Waals surface area contributed by atoms with Gasteiger partial charge in [0.15, 0.2) is 6.29 Å². The van der Waals surface area contributed by atoms with Gasteiger partial charge in [0.05, 0.1) is 23.8 Å². The molecule has 7 nitrogen and oxygen atoms in total. The fraction of sp³-hybridized carbons (Fsp3) is 0.435. The highest BCUT2D eigenvalue weighted by Crippen LogP contribution is 2.27. The lowest BCUT2D eigenvalue weighted by Gasteiger charge is -2.34. The molecule has 0 N–H and O–H groups in total. The molecule has 2 aromatic carbocycles. The number of hydrogen-bond donors (Lipinski definition) is 0. The first-order valence-electron chi connectivity index (χ1n) is 10.5. The quantitative estimate of drug-likeness (QED) is 0.709. The molecule has 0 aliphatic carbocycles. The summed E-state index contributed by atoms with van der Waals surface area (Å²) in [5.41, 5.74) is 1.99. The zero-order valence-corrected chi connectivity index (χ0v) is 18.7. The highest BCUT2D eigenvalue weighted by molar-refractivity contribution is 7.92. The minimum atomic E-state index is -3.79. The van der Waals surface area contributed by atoms with Gasteiger partial charge >= 0.3 is 0 Å². The molecule has 0 spiro atoms. The molecule has 0 radical (unpaired) electrons. The van der Waals surface area contributed by atoms with Crippen LogP contribution in [0.25, 0.3) is 0 Å². The van der Waals surface area contributed by atoms with E-state index >= 15 is 0 Å². The Kier molecular flexibility index (Phi) is 6.31. The van der Waals surface area contributed by atoms with Crippen LogP contribution in [-0.2, 0) is 19.5 Å². The lowest BCUT2D eigenvalue weighted by molar-refractivity contribution is -0.0969. The number of hydrogen-bond acceptors (Lipinski definition) is 5. The van der Waals surface area contributed by atoms with E-state index in [4.69, 9.17) is 9.47 Å². The number of nitrogens with zero attached hydrogens (tertiary/aromatic N) is 2. The van der Waals surface area contributed by atoms with Crippen molar-refractivity contribution in [3.8, 4) is 0 Å². The van der Waals surface area contributed by atoms with Gasteiger partial charge in [-0.1, -0.05) is 23.8 Å². The Bertz CT molecular complexity index is 1030. The molecule has 1 unspecified atom stereocenters. The molecule has 31 heavy (non-hydrogen) atoms. The Morgan fingerprint density at radius 1 is 1.10 bits per heavy atom. The first-order chi connectivity index (χ1) is 14.9. The van der Waals surface area contributed by atoms with E-state index in [-0.39, 0.29) is 23.0 Å². The Balaban J connectivity index is 1.53. The molecule has 1 amide bonds. The summed E-state index contributed by atoms with van der Waals surface area (Å²) in [5.74, 6) is -0.0301. The average Bonchev–Trinajstić information content (AvgIpc) is 3.34. The zero-order chi connectivity index (χ0) is 22.0. The van der Waals surface area contributed by atoms with E-state index in [9.17, 15) is 13.2 Å². The van der Waals surface area contributed by atoms with Crippen molar-refractivity contribution in [1.82, 2.24) is 4.90 Å². The number of rotatable bonds is 5. The maximum absolute atomic E-state index is 13.2. The third-order valence-electron chi connectivity index (χ3n) is 5.91. The van der Waals surface area contributed by atoms with Crippen molar-refractivity contribution in [2.24, 2.45) is 5.92 Å². The van der Waals surface area contributed by atoms with E-state index in [2.05, 4.69) is 0 Å². The third kappa shape index (κ3) is 4.61. The predicted octanol–water partition coefficient (Wildman–Crippen LogP) is 3.05. The summed E-state index contributed by atoms with van der Waals surface area (Å²) in [4.78, 5) is 15.0. The van der Waals surface area contributed by atoms with Gasteiger partial charge in [-0.15, -0.1) is 0 Å². The summed E-state index contributed by atoms with van der Waals surface area (Å²) in [7, 11) is -2.27. The summed E-state index contributed by atoms with van der Waals surface area (Å²) in [5, 5.41) is 0. The van der Waals surface area contributed by atoms with E-state index in [1.807, 2.05) is 19.1 Å². The van der Waals surface area contributed by atoms with Crippen LogP contribution in [0.2, 0.25) is 0 Å². The molecule has 2 aliphatic heterocycles. The maximum Gasteiger partial charge on any atom is 0.264 e. The van der Waals surface area contributed by atoms with E-state index in [0.29, 0.717) is 37.6 Å². The number of likely N-dealkylation sites (tertiary alicyclic amines) is 1. The van der Waals surface area contributed by atoms with Gasteiger partial charge in [-0.25, -0.2) is 8.42 Å². The molecule has 2 heterocycles. The number of anilines is 1. The fourth-order valence-electron chi connectivity index (χ4n) is 4.09. The number of carbonyl (C=O) groups is 1. The normalized spacial score (nSPS) is 20.1. The summed E-state index contributed by atoms with van der Waals surface area (Å²) < 4.78 is 38.8. The van der Waals surface area contributed by atoms with Crippen LogP contribution in [0.5, 0.6) is 0 Å². The van der Waals surface area contributed by atoms with Crippen molar-refractivity contribution in [3.05, 3.63) is 59.7 Å². The molecule has 2 aliphatic rings.